The van der Waals surface area contributed by atoms with Crippen molar-refractivity contribution in [3.05, 3.63) is 82.7 Å². The predicted molar refractivity (Wildman–Crippen MR) is 129 cm³/mol. The molecule has 0 radical (unpaired) electrons. The van der Waals surface area contributed by atoms with Gasteiger partial charge in [0.05, 0.1) is 17.7 Å². The number of nitrogens with two attached hydrogens (primary N) is 2. The van der Waals surface area contributed by atoms with E-state index in [2.05, 4.69) is 15.3 Å². The van der Waals surface area contributed by atoms with Gasteiger partial charge in [-0.25, -0.2) is 13.8 Å². The second-order valence-electron chi connectivity index (χ2n) is 8.51. The Hall–Kier alpha value is -3.63. The third-order valence-corrected chi connectivity index (χ3v) is 6.07. The average Bonchev–Trinajstić information content (AvgIpc) is 3.26. The number of benzene rings is 1. The average molecular weight is 483 g/mol. The van der Waals surface area contributed by atoms with Crippen LogP contribution in [0.2, 0.25) is 0 Å². The Morgan fingerprint density at radius 2 is 2.06 bits per heavy atom. The van der Waals surface area contributed by atoms with Crippen LogP contribution in [0.25, 0.3) is 0 Å². The highest BCUT2D eigenvalue weighted by Crippen LogP contribution is 2.35. The van der Waals surface area contributed by atoms with E-state index in [0.717, 1.165) is 5.56 Å². The van der Waals surface area contributed by atoms with Crippen molar-refractivity contribution in [1.82, 2.24) is 9.97 Å². The van der Waals surface area contributed by atoms with E-state index in [9.17, 15) is 14.3 Å². The number of halogens is 2. The summed E-state index contributed by atoms with van der Waals surface area (Å²) in [5.74, 6) is -2.36. The molecule has 1 aliphatic rings. The minimum absolute atomic E-state index is 0.0714. The molecular weight excluding hydrogens is 454 g/mol. The van der Waals surface area contributed by atoms with E-state index >= 15 is 4.39 Å². The Labute approximate surface area is 202 Å². The number of rotatable bonds is 9. The molecule has 3 aromatic rings. The fraction of sp³-hybridized carbons (Fsp3) is 0.320. The van der Waals surface area contributed by atoms with Crippen LogP contribution in [0, 0.1) is 11.6 Å². The maximum Gasteiger partial charge on any atom is 0.229 e. The van der Waals surface area contributed by atoms with Crippen LogP contribution in [0.5, 0.6) is 0 Å². The summed E-state index contributed by atoms with van der Waals surface area (Å²) in [7, 11) is 0. The van der Waals surface area contributed by atoms with E-state index in [1.54, 1.807) is 35.4 Å². The third-order valence-electron chi connectivity index (χ3n) is 6.07. The maximum atomic E-state index is 15.3. The van der Waals surface area contributed by atoms with Crippen LogP contribution >= 0.6 is 0 Å². The van der Waals surface area contributed by atoms with Gasteiger partial charge in [-0.2, -0.15) is 0 Å². The zero-order valence-corrected chi connectivity index (χ0v) is 19.1. The molecule has 35 heavy (non-hydrogen) atoms. The van der Waals surface area contributed by atoms with Crippen molar-refractivity contribution < 1.29 is 18.7 Å². The SMILES string of the molecule is NCc1ncccc1C(C(N)=O)c1cc(F)c(N2CC[C@@H](O)C2)nc1NCCc1cccc(F)c1. The number of nitrogens with one attached hydrogen (secondary N) is 1. The largest absolute Gasteiger partial charge is 0.391 e. The molecule has 6 N–H and O–H groups in total. The third kappa shape index (κ3) is 5.55. The van der Waals surface area contributed by atoms with Crippen molar-refractivity contribution in [2.45, 2.75) is 31.4 Å². The molecule has 1 fully saturated rings. The van der Waals surface area contributed by atoms with Crippen LogP contribution in [0.3, 0.4) is 0 Å². The minimum Gasteiger partial charge on any atom is -0.391 e. The zero-order valence-electron chi connectivity index (χ0n) is 19.1. The number of nitrogens with zero attached hydrogens (tertiary/aromatic N) is 3. The van der Waals surface area contributed by atoms with Crippen LogP contribution in [0.4, 0.5) is 20.4 Å². The number of aromatic nitrogens is 2. The van der Waals surface area contributed by atoms with Crippen LogP contribution < -0.4 is 21.7 Å². The molecule has 10 heteroatoms. The molecule has 2 aromatic heterocycles. The quantitative estimate of drug-likeness (QED) is 0.367. The Morgan fingerprint density at radius 3 is 2.74 bits per heavy atom. The lowest BCUT2D eigenvalue weighted by atomic mass is 9.89. The van der Waals surface area contributed by atoms with Gasteiger partial charge in [0.15, 0.2) is 11.6 Å². The number of hydrogen-bond acceptors (Lipinski definition) is 7. The highest BCUT2D eigenvalue weighted by Gasteiger charge is 2.30. The van der Waals surface area contributed by atoms with Crippen molar-refractivity contribution in [1.29, 1.82) is 0 Å². The molecule has 1 aromatic carbocycles. The van der Waals surface area contributed by atoms with Crippen LogP contribution in [0.1, 0.15) is 34.7 Å². The normalized spacial score (nSPS) is 16.3. The minimum atomic E-state index is -1.04. The van der Waals surface area contributed by atoms with E-state index in [1.165, 1.54) is 18.2 Å². The summed E-state index contributed by atoms with van der Waals surface area (Å²) >= 11 is 0. The number of anilines is 2. The summed E-state index contributed by atoms with van der Waals surface area (Å²) in [6.07, 6.45) is 1.96. The van der Waals surface area contributed by atoms with Gasteiger partial charge in [0.25, 0.3) is 0 Å². The van der Waals surface area contributed by atoms with Gasteiger partial charge in [0.2, 0.25) is 5.91 Å². The van der Waals surface area contributed by atoms with Crippen molar-refractivity contribution in [3.63, 3.8) is 0 Å². The van der Waals surface area contributed by atoms with Gasteiger partial charge in [-0.1, -0.05) is 18.2 Å². The smallest absolute Gasteiger partial charge is 0.229 e. The standard InChI is InChI=1S/C25H28F2N6O2/c26-16-4-1-3-15(11-16)6-9-31-24-19(12-20(27)25(32-24)33-10-7-17(34)14-33)22(23(29)35)18-5-2-8-30-21(18)13-28/h1-5,8,11-12,17,22,34H,6-7,9-10,13-14,28H2,(H2,29,35)(H,31,32)/t17-,22?/m1/s1. The first kappa shape index (κ1) is 24.5. The van der Waals surface area contributed by atoms with Crippen molar-refractivity contribution in [2.75, 3.05) is 29.9 Å². The van der Waals surface area contributed by atoms with Crippen molar-refractivity contribution >= 4 is 17.5 Å². The van der Waals surface area contributed by atoms with E-state index in [1.807, 2.05) is 0 Å². The molecule has 1 aliphatic heterocycles. The highest BCUT2D eigenvalue weighted by molar-refractivity contribution is 5.87. The van der Waals surface area contributed by atoms with E-state index in [0.29, 0.717) is 37.2 Å². The molecule has 8 nitrogen and oxygen atoms in total. The van der Waals surface area contributed by atoms with Crippen molar-refractivity contribution in [2.24, 2.45) is 11.5 Å². The van der Waals surface area contributed by atoms with Gasteiger partial charge < -0.3 is 26.8 Å². The Bertz CT molecular complexity index is 1210. The summed E-state index contributed by atoms with van der Waals surface area (Å²) in [6, 6.07) is 10.8. The maximum absolute atomic E-state index is 15.3. The van der Waals surface area contributed by atoms with E-state index in [-0.39, 0.29) is 36.1 Å². The molecule has 184 valence electrons. The predicted octanol–water partition coefficient (Wildman–Crippen LogP) is 2.06. The number of amides is 1. The molecule has 0 spiro atoms. The molecule has 0 aliphatic carbocycles. The summed E-state index contributed by atoms with van der Waals surface area (Å²) < 4.78 is 28.9. The summed E-state index contributed by atoms with van der Waals surface area (Å²) in [4.78, 5) is 23.1. The number of primary amides is 1. The molecule has 1 saturated heterocycles. The van der Waals surface area contributed by atoms with Crippen LogP contribution in [0.15, 0.2) is 48.7 Å². The number of pyridine rings is 2. The van der Waals surface area contributed by atoms with Gasteiger partial charge in [-0.15, -0.1) is 0 Å². The molecule has 2 atom stereocenters. The fourth-order valence-corrected chi connectivity index (χ4v) is 4.39. The fourth-order valence-electron chi connectivity index (χ4n) is 4.39. The highest BCUT2D eigenvalue weighted by atomic mass is 19.1. The van der Waals surface area contributed by atoms with Gasteiger partial charge in [-0.05, 0) is 48.2 Å². The summed E-state index contributed by atoms with van der Waals surface area (Å²) in [5, 5.41) is 13.1. The van der Waals surface area contributed by atoms with E-state index < -0.39 is 23.7 Å². The Kier molecular flexibility index (Phi) is 7.52. The first-order chi connectivity index (χ1) is 16.9. The number of carbonyl (C=O) groups is 1. The molecule has 1 amide bonds. The second kappa shape index (κ2) is 10.7. The lowest BCUT2D eigenvalue weighted by Gasteiger charge is -2.24. The number of aliphatic hydroxyl groups is 1. The molecule has 0 saturated carbocycles. The zero-order chi connectivity index (χ0) is 24.9. The number of β-amino-alcohol motifs (C(OH)–C–C–N with tert-alkyl or cyclic N) is 1. The van der Waals surface area contributed by atoms with Crippen LogP contribution in [-0.2, 0) is 17.8 Å². The molecule has 1 unspecified atom stereocenters. The molecule has 0 bridgehead atoms. The Morgan fingerprint density at radius 1 is 1.23 bits per heavy atom. The number of aliphatic hydroxyl groups excluding tert-OH is 1. The van der Waals surface area contributed by atoms with Crippen LogP contribution in [-0.4, -0.2) is 46.7 Å². The van der Waals surface area contributed by atoms with Gasteiger partial charge in [-0.3, -0.25) is 9.78 Å². The van der Waals surface area contributed by atoms with Crippen molar-refractivity contribution in [3.8, 4) is 0 Å². The summed E-state index contributed by atoms with van der Waals surface area (Å²) in [6.45, 7) is 1.12. The monoisotopic (exact) mass is 482 g/mol. The van der Waals surface area contributed by atoms with Gasteiger partial charge in [0, 0.05) is 37.9 Å². The molecular formula is C25H28F2N6O2. The molecule has 3 heterocycles. The summed E-state index contributed by atoms with van der Waals surface area (Å²) in [5.41, 5.74) is 13.6. The molecule has 4 rings (SSSR count). The van der Waals surface area contributed by atoms with E-state index in [4.69, 9.17) is 11.5 Å². The first-order valence-electron chi connectivity index (χ1n) is 11.4. The van der Waals surface area contributed by atoms with Gasteiger partial charge >= 0.3 is 0 Å². The Balaban J connectivity index is 1.73. The van der Waals surface area contributed by atoms with Gasteiger partial charge in [0.1, 0.15) is 11.6 Å². The number of carbonyl (C=O) groups excluding carboxylic acids is 1. The lowest BCUT2D eigenvalue weighted by molar-refractivity contribution is -0.118. The lowest BCUT2D eigenvalue weighted by Crippen LogP contribution is -2.28. The second-order valence-corrected chi connectivity index (χ2v) is 8.51. The topological polar surface area (TPSA) is 130 Å². The first-order valence-corrected chi connectivity index (χ1v) is 11.4. The number of hydrogen-bond donors (Lipinski definition) is 4.